The van der Waals surface area contributed by atoms with Crippen molar-refractivity contribution in [1.82, 2.24) is 10.2 Å². The minimum atomic E-state index is -0.308. The molecule has 124 valence electrons. The number of aryl methyl sites for hydroxylation is 1. The molecule has 0 bridgehead atoms. The molecule has 1 aromatic rings. The molecule has 1 aromatic carbocycles. The van der Waals surface area contributed by atoms with E-state index in [1.165, 1.54) is 0 Å². The third kappa shape index (κ3) is 4.18. The Morgan fingerprint density at radius 2 is 1.87 bits per heavy atom. The Morgan fingerprint density at radius 3 is 2.57 bits per heavy atom. The van der Waals surface area contributed by atoms with E-state index >= 15 is 0 Å². The fraction of sp³-hybridized carbons (Fsp3) is 0.500. The molecule has 0 radical (unpaired) electrons. The van der Waals surface area contributed by atoms with Crippen molar-refractivity contribution in [1.29, 1.82) is 0 Å². The van der Waals surface area contributed by atoms with E-state index in [2.05, 4.69) is 19.2 Å². The highest BCUT2D eigenvalue weighted by atomic mass is 16.2. The van der Waals surface area contributed by atoms with E-state index in [4.69, 9.17) is 0 Å². The van der Waals surface area contributed by atoms with Gasteiger partial charge in [-0.25, -0.2) is 0 Å². The lowest BCUT2D eigenvalue weighted by molar-refractivity contribution is -0.121. The summed E-state index contributed by atoms with van der Waals surface area (Å²) >= 11 is 0. The molecule has 0 saturated heterocycles. The van der Waals surface area contributed by atoms with Gasteiger partial charge in [0.2, 0.25) is 5.91 Å². The van der Waals surface area contributed by atoms with Crippen molar-refractivity contribution in [2.24, 2.45) is 5.92 Å². The molecule has 1 aliphatic rings. The summed E-state index contributed by atoms with van der Waals surface area (Å²) in [6.45, 7) is 6.93. The van der Waals surface area contributed by atoms with E-state index in [0.717, 1.165) is 23.3 Å². The highest BCUT2D eigenvalue weighted by Crippen LogP contribution is 2.23. The van der Waals surface area contributed by atoms with Crippen molar-refractivity contribution in [3.8, 4) is 0 Å². The molecule has 0 spiro atoms. The molecule has 0 saturated carbocycles. The Hall–Kier alpha value is -2.17. The van der Waals surface area contributed by atoms with E-state index in [0.29, 0.717) is 23.6 Å². The highest BCUT2D eigenvalue weighted by molar-refractivity contribution is 6.21. The van der Waals surface area contributed by atoms with Gasteiger partial charge in [0.25, 0.3) is 11.8 Å². The predicted octanol–water partition coefficient (Wildman–Crippen LogP) is 2.53. The van der Waals surface area contributed by atoms with Crippen LogP contribution in [0.3, 0.4) is 0 Å². The number of hydrogen-bond acceptors (Lipinski definition) is 3. The molecule has 23 heavy (non-hydrogen) atoms. The van der Waals surface area contributed by atoms with Crippen LogP contribution in [0.5, 0.6) is 0 Å². The maximum Gasteiger partial charge on any atom is 0.261 e. The molecule has 1 heterocycles. The van der Waals surface area contributed by atoms with Crippen molar-refractivity contribution >= 4 is 17.7 Å². The Balaban J connectivity index is 1.84. The molecular formula is C18H24N2O3. The summed E-state index contributed by atoms with van der Waals surface area (Å²) in [4.78, 5) is 37.5. The number of amides is 3. The number of benzene rings is 1. The number of carbonyl (C=O) groups is 3. The van der Waals surface area contributed by atoms with Crippen LogP contribution in [-0.2, 0) is 4.79 Å². The van der Waals surface area contributed by atoms with E-state index < -0.39 is 0 Å². The Morgan fingerprint density at radius 1 is 1.17 bits per heavy atom. The van der Waals surface area contributed by atoms with Crippen molar-refractivity contribution in [3.05, 3.63) is 34.9 Å². The Kier molecular flexibility index (Phi) is 5.53. The number of imide groups is 1. The molecule has 5 heteroatoms. The largest absolute Gasteiger partial charge is 0.356 e. The molecule has 3 amide bonds. The highest BCUT2D eigenvalue weighted by Gasteiger charge is 2.35. The van der Waals surface area contributed by atoms with Crippen LogP contribution in [0.4, 0.5) is 0 Å². The van der Waals surface area contributed by atoms with Gasteiger partial charge in [-0.3, -0.25) is 19.3 Å². The van der Waals surface area contributed by atoms with Gasteiger partial charge in [0, 0.05) is 19.5 Å². The van der Waals surface area contributed by atoms with Gasteiger partial charge in [-0.05, 0) is 37.8 Å². The SMILES string of the molecule is Cc1ccc2c(c1)C(=O)N(CCC(=O)NCCCC(C)C)C2=O. The molecule has 0 aromatic heterocycles. The average molecular weight is 316 g/mol. The zero-order chi connectivity index (χ0) is 17.0. The lowest BCUT2D eigenvalue weighted by Gasteiger charge is -2.13. The number of rotatable bonds is 7. The molecule has 0 aliphatic carbocycles. The first kappa shape index (κ1) is 17.2. The maximum absolute atomic E-state index is 12.3. The van der Waals surface area contributed by atoms with E-state index in [-0.39, 0.29) is 30.7 Å². The van der Waals surface area contributed by atoms with Crippen molar-refractivity contribution < 1.29 is 14.4 Å². The summed E-state index contributed by atoms with van der Waals surface area (Å²) in [5.41, 5.74) is 1.81. The Labute approximate surface area is 137 Å². The first-order valence-electron chi connectivity index (χ1n) is 8.13. The first-order chi connectivity index (χ1) is 10.9. The van der Waals surface area contributed by atoms with Crippen LogP contribution in [0, 0.1) is 12.8 Å². The molecular weight excluding hydrogens is 292 g/mol. The van der Waals surface area contributed by atoms with Gasteiger partial charge in [-0.2, -0.15) is 0 Å². The summed E-state index contributed by atoms with van der Waals surface area (Å²) in [7, 11) is 0. The molecule has 1 N–H and O–H groups in total. The van der Waals surface area contributed by atoms with Crippen LogP contribution in [0.15, 0.2) is 18.2 Å². The summed E-state index contributed by atoms with van der Waals surface area (Å²) in [5.74, 6) is -0.117. The number of hydrogen-bond donors (Lipinski definition) is 1. The van der Waals surface area contributed by atoms with Gasteiger partial charge < -0.3 is 5.32 Å². The van der Waals surface area contributed by atoms with Crippen LogP contribution < -0.4 is 5.32 Å². The smallest absolute Gasteiger partial charge is 0.261 e. The summed E-state index contributed by atoms with van der Waals surface area (Å²) < 4.78 is 0. The minimum absolute atomic E-state index is 0.124. The second-order valence-electron chi connectivity index (χ2n) is 6.45. The van der Waals surface area contributed by atoms with Gasteiger partial charge in [0.05, 0.1) is 11.1 Å². The van der Waals surface area contributed by atoms with Crippen LogP contribution in [0.2, 0.25) is 0 Å². The third-order valence-electron chi connectivity index (χ3n) is 3.97. The lowest BCUT2D eigenvalue weighted by Crippen LogP contribution is -2.34. The van der Waals surface area contributed by atoms with E-state index in [9.17, 15) is 14.4 Å². The van der Waals surface area contributed by atoms with Crippen molar-refractivity contribution in [3.63, 3.8) is 0 Å². The number of nitrogens with zero attached hydrogens (tertiary/aromatic N) is 1. The van der Waals surface area contributed by atoms with Crippen molar-refractivity contribution in [2.45, 2.75) is 40.0 Å². The second kappa shape index (κ2) is 7.40. The Bertz CT molecular complexity index is 623. The van der Waals surface area contributed by atoms with Crippen molar-refractivity contribution in [2.75, 3.05) is 13.1 Å². The maximum atomic E-state index is 12.3. The third-order valence-corrected chi connectivity index (χ3v) is 3.97. The predicted molar refractivity (Wildman–Crippen MR) is 88.2 cm³/mol. The molecule has 0 atom stereocenters. The summed E-state index contributed by atoms with van der Waals surface area (Å²) in [6.07, 6.45) is 2.15. The first-order valence-corrected chi connectivity index (χ1v) is 8.13. The van der Waals surface area contributed by atoms with Crippen LogP contribution >= 0.6 is 0 Å². The molecule has 5 nitrogen and oxygen atoms in total. The summed E-state index contributed by atoms with van der Waals surface area (Å²) in [5, 5.41) is 2.83. The molecule has 2 rings (SSSR count). The quantitative estimate of drug-likeness (QED) is 0.621. The average Bonchev–Trinajstić information content (AvgIpc) is 2.73. The topological polar surface area (TPSA) is 66.5 Å². The van der Waals surface area contributed by atoms with Gasteiger partial charge in [-0.15, -0.1) is 0 Å². The second-order valence-corrected chi connectivity index (χ2v) is 6.45. The number of carbonyl (C=O) groups excluding carboxylic acids is 3. The monoisotopic (exact) mass is 316 g/mol. The van der Waals surface area contributed by atoms with Crippen LogP contribution in [0.1, 0.15) is 59.4 Å². The zero-order valence-corrected chi connectivity index (χ0v) is 14.0. The fourth-order valence-electron chi connectivity index (χ4n) is 2.65. The van der Waals surface area contributed by atoms with Crippen LogP contribution in [0.25, 0.3) is 0 Å². The van der Waals surface area contributed by atoms with Gasteiger partial charge >= 0.3 is 0 Å². The number of nitrogens with one attached hydrogen (secondary N) is 1. The molecule has 1 aliphatic heterocycles. The lowest BCUT2D eigenvalue weighted by atomic mass is 10.1. The van der Waals surface area contributed by atoms with Gasteiger partial charge in [0.1, 0.15) is 0 Å². The molecule has 0 unspecified atom stereocenters. The van der Waals surface area contributed by atoms with Gasteiger partial charge in [-0.1, -0.05) is 25.5 Å². The minimum Gasteiger partial charge on any atom is -0.356 e. The standard InChI is InChI=1S/C18H24N2O3/c1-12(2)5-4-9-19-16(21)8-10-20-17(22)14-7-6-13(3)11-15(14)18(20)23/h6-7,11-12H,4-5,8-10H2,1-3H3,(H,19,21). The summed E-state index contributed by atoms with van der Waals surface area (Å²) in [6, 6.07) is 5.22. The van der Waals surface area contributed by atoms with E-state index in [1.54, 1.807) is 12.1 Å². The van der Waals surface area contributed by atoms with E-state index in [1.807, 2.05) is 13.0 Å². The molecule has 0 fully saturated rings. The normalized spacial score (nSPS) is 13.7. The van der Waals surface area contributed by atoms with Gasteiger partial charge in [0.15, 0.2) is 0 Å². The number of fused-ring (bicyclic) bond motifs is 1. The zero-order valence-electron chi connectivity index (χ0n) is 14.0. The van der Waals surface area contributed by atoms with Crippen LogP contribution in [-0.4, -0.2) is 35.7 Å². The fourth-order valence-corrected chi connectivity index (χ4v) is 2.65.